The Labute approximate surface area is 159 Å². The molecule has 2 aromatic heterocycles. The summed E-state index contributed by atoms with van der Waals surface area (Å²) in [6.07, 6.45) is 3.46. The predicted octanol–water partition coefficient (Wildman–Crippen LogP) is 4.77. The van der Waals surface area contributed by atoms with Gasteiger partial charge in [0.25, 0.3) is 0 Å². The van der Waals surface area contributed by atoms with Crippen LogP contribution in [0.1, 0.15) is 65.1 Å². The highest BCUT2D eigenvalue weighted by molar-refractivity contribution is 5.90. The molecule has 1 aromatic carbocycles. The van der Waals surface area contributed by atoms with Gasteiger partial charge in [-0.25, -0.2) is 14.3 Å². The first-order chi connectivity index (χ1) is 13.0. The molecule has 5 nitrogen and oxygen atoms in total. The van der Waals surface area contributed by atoms with Gasteiger partial charge in [-0.2, -0.15) is 5.10 Å². The van der Waals surface area contributed by atoms with Crippen molar-refractivity contribution >= 4 is 11.6 Å². The zero-order valence-corrected chi connectivity index (χ0v) is 16.4. The van der Waals surface area contributed by atoms with Crippen LogP contribution < -0.4 is 0 Å². The van der Waals surface area contributed by atoms with Gasteiger partial charge in [0.2, 0.25) is 0 Å². The Morgan fingerprint density at radius 1 is 1.19 bits per heavy atom. The first kappa shape index (κ1) is 17.7. The first-order valence-corrected chi connectivity index (χ1v) is 9.65. The summed E-state index contributed by atoms with van der Waals surface area (Å²) in [5, 5.41) is 4.82. The van der Waals surface area contributed by atoms with E-state index < -0.39 is 0 Å². The third-order valence-electron chi connectivity index (χ3n) is 5.53. The van der Waals surface area contributed by atoms with E-state index in [1.807, 2.05) is 24.4 Å². The Morgan fingerprint density at radius 2 is 1.89 bits per heavy atom. The van der Waals surface area contributed by atoms with Crippen LogP contribution in [0, 0.1) is 20.8 Å². The molecule has 0 amide bonds. The van der Waals surface area contributed by atoms with Crippen molar-refractivity contribution in [2.24, 2.45) is 0 Å². The largest absolute Gasteiger partial charge is 0.461 e. The highest BCUT2D eigenvalue weighted by Gasteiger charge is 2.27. The molecule has 5 heteroatoms. The van der Waals surface area contributed by atoms with E-state index >= 15 is 0 Å². The van der Waals surface area contributed by atoms with Gasteiger partial charge in [0, 0.05) is 11.6 Å². The molecule has 0 unspecified atom stereocenters. The average Bonchev–Trinajstić information content (AvgIpc) is 2.90. The second kappa shape index (κ2) is 6.80. The summed E-state index contributed by atoms with van der Waals surface area (Å²) in [5.74, 6) is 0.0562. The molecule has 1 aliphatic carbocycles. The molecule has 1 fully saturated rings. The van der Waals surface area contributed by atoms with Crippen LogP contribution in [0.4, 0.5) is 0 Å². The van der Waals surface area contributed by atoms with Crippen LogP contribution in [0.25, 0.3) is 16.8 Å². The predicted molar refractivity (Wildman–Crippen MR) is 105 cm³/mol. The third kappa shape index (κ3) is 2.91. The maximum absolute atomic E-state index is 12.4. The Morgan fingerprint density at radius 3 is 2.48 bits per heavy atom. The Hall–Kier alpha value is -2.69. The standard InChI is InChI=1S/C22H25N3O2/c1-5-27-22(26)17-12-18(16-10-7-11-16)25-21(23-17)20(15(4)24-25)19-13(2)8-6-9-14(19)3/h6,8-9,12,16H,5,7,10-11H2,1-4H3. The van der Waals surface area contributed by atoms with Crippen molar-refractivity contribution in [2.45, 2.75) is 52.9 Å². The lowest BCUT2D eigenvalue weighted by Crippen LogP contribution is -2.17. The zero-order chi connectivity index (χ0) is 19.1. The molecule has 1 aliphatic rings. The molecule has 4 rings (SSSR count). The summed E-state index contributed by atoms with van der Waals surface area (Å²) in [6, 6.07) is 8.14. The van der Waals surface area contributed by atoms with Gasteiger partial charge in [0.1, 0.15) is 0 Å². The van der Waals surface area contributed by atoms with E-state index in [9.17, 15) is 4.79 Å². The summed E-state index contributed by atoms with van der Waals surface area (Å²) in [7, 11) is 0. The lowest BCUT2D eigenvalue weighted by molar-refractivity contribution is 0.0519. The molecule has 3 aromatic rings. The number of benzene rings is 1. The van der Waals surface area contributed by atoms with Gasteiger partial charge in [0.05, 0.1) is 17.9 Å². The number of carbonyl (C=O) groups is 1. The lowest BCUT2D eigenvalue weighted by atomic mass is 9.82. The van der Waals surface area contributed by atoms with E-state index in [2.05, 4.69) is 32.0 Å². The fourth-order valence-corrected chi connectivity index (χ4v) is 3.95. The van der Waals surface area contributed by atoms with Crippen molar-refractivity contribution in [3.63, 3.8) is 0 Å². The first-order valence-electron chi connectivity index (χ1n) is 9.65. The van der Waals surface area contributed by atoms with Crippen molar-refractivity contribution < 1.29 is 9.53 Å². The van der Waals surface area contributed by atoms with Crippen molar-refractivity contribution in [1.29, 1.82) is 0 Å². The topological polar surface area (TPSA) is 56.5 Å². The maximum Gasteiger partial charge on any atom is 0.357 e. The van der Waals surface area contributed by atoms with Crippen LogP contribution >= 0.6 is 0 Å². The van der Waals surface area contributed by atoms with Gasteiger partial charge in [-0.05, 0) is 63.3 Å². The summed E-state index contributed by atoms with van der Waals surface area (Å²) < 4.78 is 7.18. The van der Waals surface area contributed by atoms with Crippen LogP contribution in [0.3, 0.4) is 0 Å². The molecule has 140 valence electrons. The quantitative estimate of drug-likeness (QED) is 0.627. The molecule has 0 N–H and O–H groups in total. The number of rotatable bonds is 4. The Kier molecular flexibility index (Phi) is 4.46. The van der Waals surface area contributed by atoms with Crippen molar-refractivity contribution in [3.8, 4) is 11.1 Å². The van der Waals surface area contributed by atoms with Crippen LogP contribution in [0.5, 0.6) is 0 Å². The molecular weight excluding hydrogens is 338 g/mol. The molecule has 0 atom stereocenters. The number of esters is 1. The van der Waals surface area contributed by atoms with Crippen LogP contribution in [0.15, 0.2) is 24.3 Å². The number of ether oxygens (including phenoxy) is 1. The minimum Gasteiger partial charge on any atom is -0.461 e. The van der Waals surface area contributed by atoms with Crippen LogP contribution in [-0.4, -0.2) is 27.2 Å². The Balaban J connectivity index is 2.01. The van der Waals surface area contributed by atoms with Crippen molar-refractivity contribution in [2.75, 3.05) is 6.61 Å². The van der Waals surface area contributed by atoms with Gasteiger partial charge in [0.15, 0.2) is 11.3 Å². The summed E-state index contributed by atoms with van der Waals surface area (Å²) in [5.41, 5.74) is 7.64. The molecule has 2 heterocycles. The van der Waals surface area contributed by atoms with Gasteiger partial charge in [-0.15, -0.1) is 0 Å². The van der Waals surface area contributed by atoms with Crippen LogP contribution in [0.2, 0.25) is 0 Å². The second-order valence-electron chi connectivity index (χ2n) is 7.38. The van der Waals surface area contributed by atoms with Gasteiger partial charge >= 0.3 is 5.97 Å². The van der Waals surface area contributed by atoms with E-state index in [1.165, 1.54) is 17.5 Å². The number of nitrogens with zero attached hydrogens (tertiary/aromatic N) is 3. The highest BCUT2D eigenvalue weighted by Crippen LogP contribution is 2.39. The number of aromatic nitrogens is 3. The molecule has 0 spiro atoms. The van der Waals surface area contributed by atoms with E-state index in [0.717, 1.165) is 41.0 Å². The molecule has 1 saturated carbocycles. The minimum atomic E-state index is -0.369. The smallest absolute Gasteiger partial charge is 0.357 e. The third-order valence-corrected chi connectivity index (χ3v) is 5.53. The molecule has 0 bridgehead atoms. The van der Waals surface area contributed by atoms with Gasteiger partial charge in [-0.1, -0.05) is 24.6 Å². The number of hydrogen-bond donors (Lipinski definition) is 0. The number of hydrogen-bond acceptors (Lipinski definition) is 4. The molecule has 0 saturated heterocycles. The minimum absolute atomic E-state index is 0.340. The molecule has 0 aliphatic heterocycles. The SMILES string of the molecule is CCOC(=O)c1cc(C2CCC2)n2nc(C)c(-c3c(C)cccc3C)c2n1. The highest BCUT2D eigenvalue weighted by atomic mass is 16.5. The summed E-state index contributed by atoms with van der Waals surface area (Å²) >= 11 is 0. The molecular formula is C22H25N3O2. The summed E-state index contributed by atoms with van der Waals surface area (Å²) in [6.45, 7) is 8.38. The molecule has 0 radical (unpaired) electrons. The van der Waals surface area contributed by atoms with E-state index in [4.69, 9.17) is 14.8 Å². The fraction of sp³-hybridized carbons (Fsp3) is 0.409. The zero-order valence-electron chi connectivity index (χ0n) is 16.4. The van der Waals surface area contributed by atoms with Crippen molar-refractivity contribution in [1.82, 2.24) is 14.6 Å². The maximum atomic E-state index is 12.4. The number of aryl methyl sites for hydroxylation is 3. The Bertz CT molecular complexity index is 1010. The van der Waals surface area contributed by atoms with Gasteiger partial charge in [-0.3, -0.25) is 0 Å². The fourth-order valence-electron chi connectivity index (χ4n) is 3.95. The van der Waals surface area contributed by atoms with E-state index in [1.54, 1.807) is 0 Å². The van der Waals surface area contributed by atoms with Crippen molar-refractivity contribution in [3.05, 3.63) is 52.5 Å². The lowest BCUT2D eigenvalue weighted by Gasteiger charge is -2.26. The molecule has 27 heavy (non-hydrogen) atoms. The monoisotopic (exact) mass is 363 g/mol. The van der Waals surface area contributed by atoms with Crippen LogP contribution in [-0.2, 0) is 4.74 Å². The summed E-state index contributed by atoms with van der Waals surface area (Å²) in [4.78, 5) is 17.1. The average molecular weight is 363 g/mol. The van der Waals surface area contributed by atoms with E-state index in [0.29, 0.717) is 18.2 Å². The normalized spacial score (nSPS) is 14.4. The number of carbonyl (C=O) groups excluding carboxylic acids is 1. The number of fused-ring (bicyclic) bond motifs is 1. The van der Waals surface area contributed by atoms with E-state index in [-0.39, 0.29) is 5.97 Å². The van der Waals surface area contributed by atoms with Gasteiger partial charge < -0.3 is 4.74 Å². The second-order valence-corrected chi connectivity index (χ2v) is 7.38.